The largest absolute Gasteiger partial charge is 0.384 e. The first-order chi connectivity index (χ1) is 13.4. The minimum atomic E-state index is -3.36. The van der Waals surface area contributed by atoms with Gasteiger partial charge in [-0.3, -0.25) is 9.88 Å². The van der Waals surface area contributed by atoms with Crippen molar-refractivity contribution in [3.8, 4) is 0 Å². The molecule has 3 heterocycles. The Labute approximate surface area is 171 Å². The maximum absolute atomic E-state index is 12.1. The zero-order chi connectivity index (χ0) is 20.1. The van der Waals surface area contributed by atoms with Gasteiger partial charge in [0, 0.05) is 56.4 Å². The quantitative estimate of drug-likeness (QED) is 0.674. The molecule has 1 aliphatic rings. The molecular formula is C19H25ClN4O3S. The van der Waals surface area contributed by atoms with Crippen LogP contribution in [0.15, 0.2) is 29.6 Å². The molecule has 1 fully saturated rings. The molecule has 28 heavy (non-hydrogen) atoms. The predicted molar refractivity (Wildman–Crippen MR) is 107 cm³/mol. The third kappa shape index (κ3) is 5.47. The van der Waals surface area contributed by atoms with Crippen LogP contribution < -0.4 is 0 Å². The van der Waals surface area contributed by atoms with Crippen molar-refractivity contribution in [2.45, 2.75) is 36.6 Å². The standard InChI is InChI=1S/C19H25ClN4O3S/c1-27-8-5-18-21-10-14(11-22-18)13-24-6-3-15(4-7-24)19-17(28(2,25)26)9-16(20)12-23-19/h9-12,15H,3-8,13H2,1-2H3. The zero-order valence-electron chi connectivity index (χ0n) is 16.1. The van der Waals surface area contributed by atoms with Gasteiger partial charge in [0.25, 0.3) is 0 Å². The molecule has 3 rings (SSSR count). The summed E-state index contributed by atoms with van der Waals surface area (Å²) in [6, 6.07) is 1.51. The van der Waals surface area contributed by atoms with Gasteiger partial charge in [-0.1, -0.05) is 11.6 Å². The van der Waals surface area contributed by atoms with Crippen LogP contribution in [0, 0.1) is 0 Å². The van der Waals surface area contributed by atoms with Crippen LogP contribution in [0.1, 0.15) is 35.8 Å². The van der Waals surface area contributed by atoms with Gasteiger partial charge < -0.3 is 4.74 Å². The third-order valence-electron chi connectivity index (χ3n) is 4.92. The summed E-state index contributed by atoms with van der Waals surface area (Å²) in [5.74, 6) is 0.900. The van der Waals surface area contributed by atoms with E-state index in [1.54, 1.807) is 7.11 Å². The van der Waals surface area contributed by atoms with Crippen LogP contribution in [-0.4, -0.2) is 61.3 Å². The van der Waals surface area contributed by atoms with Gasteiger partial charge in [0.2, 0.25) is 0 Å². The van der Waals surface area contributed by atoms with E-state index in [0.29, 0.717) is 23.7 Å². The number of hydrogen-bond acceptors (Lipinski definition) is 7. The van der Waals surface area contributed by atoms with Gasteiger partial charge >= 0.3 is 0 Å². The number of ether oxygens (including phenoxy) is 1. The van der Waals surface area contributed by atoms with Crippen LogP contribution in [0.2, 0.25) is 5.02 Å². The molecule has 1 aliphatic heterocycles. The molecule has 0 radical (unpaired) electrons. The first kappa shape index (κ1) is 21.1. The molecule has 1 saturated heterocycles. The molecule has 0 spiro atoms. The number of hydrogen-bond donors (Lipinski definition) is 0. The minimum absolute atomic E-state index is 0.117. The molecule has 9 heteroatoms. The number of likely N-dealkylation sites (tertiary alicyclic amines) is 1. The number of sulfone groups is 1. The average Bonchev–Trinajstić information content (AvgIpc) is 2.67. The average molecular weight is 425 g/mol. The van der Waals surface area contributed by atoms with E-state index >= 15 is 0 Å². The zero-order valence-corrected chi connectivity index (χ0v) is 17.7. The minimum Gasteiger partial charge on any atom is -0.384 e. The lowest BCUT2D eigenvalue weighted by Gasteiger charge is -2.32. The Morgan fingerprint density at radius 1 is 1.18 bits per heavy atom. The van der Waals surface area contributed by atoms with Gasteiger partial charge in [0.1, 0.15) is 5.82 Å². The predicted octanol–water partition coefficient (Wildman–Crippen LogP) is 2.50. The summed E-state index contributed by atoms with van der Waals surface area (Å²) in [6.07, 6.45) is 8.88. The number of methoxy groups -OCH3 is 1. The lowest BCUT2D eigenvalue weighted by Crippen LogP contribution is -2.33. The van der Waals surface area contributed by atoms with Gasteiger partial charge in [-0.2, -0.15) is 0 Å². The summed E-state index contributed by atoms with van der Waals surface area (Å²) in [4.78, 5) is 15.7. The van der Waals surface area contributed by atoms with E-state index in [2.05, 4.69) is 19.9 Å². The van der Waals surface area contributed by atoms with Gasteiger partial charge in [0.15, 0.2) is 9.84 Å². The van der Waals surface area contributed by atoms with Gasteiger partial charge in [0.05, 0.1) is 22.2 Å². The van der Waals surface area contributed by atoms with Crippen molar-refractivity contribution < 1.29 is 13.2 Å². The summed E-state index contributed by atoms with van der Waals surface area (Å²) < 4.78 is 29.3. The Bertz CT molecular complexity index is 898. The van der Waals surface area contributed by atoms with E-state index in [1.165, 1.54) is 18.5 Å². The Morgan fingerprint density at radius 2 is 1.86 bits per heavy atom. The molecule has 0 saturated carbocycles. The second kappa shape index (κ2) is 9.26. The second-order valence-electron chi connectivity index (χ2n) is 7.11. The summed E-state index contributed by atoms with van der Waals surface area (Å²) in [7, 11) is -1.70. The molecule has 2 aromatic heterocycles. The first-order valence-electron chi connectivity index (χ1n) is 9.23. The number of piperidine rings is 1. The fraction of sp³-hybridized carbons (Fsp3) is 0.526. The molecular weight excluding hydrogens is 400 g/mol. The highest BCUT2D eigenvalue weighted by Crippen LogP contribution is 2.32. The highest BCUT2D eigenvalue weighted by atomic mass is 35.5. The normalized spacial score (nSPS) is 16.4. The summed E-state index contributed by atoms with van der Waals surface area (Å²) in [5, 5.41) is 0.343. The molecule has 0 bridgehead atoms. The van der Waals surface area contributed by atoms with Crippen LogP contribution in [0.3, 0.4) is 0 Å². The number of aromatic nitrogens is 3. The third-order valence-corrected chi connectivity index (χ3v) is 6.25. The summed E-state index contributed by atoms with van der Waals surface area (Å²) in [6.45, 7) is 3.12. The number of nitrogens with zero attached hydrogens (tertiary/aromatic N) is 4. The Morgan fingerprint density at radius 3 is 2.46 bits per heavy atom. The van der Waals surface area contributed by atoms with Crippen molar-refractivity contribution in [3.05, 3.63) is 46.8 Å². The molecule has 0 amide bonds. The monoisotopic (exact) mass is 424 g/mol. The van der Waals surface area contributed by atoms with Gasteiger partial charge in [-0.15, -0.1) is 0 Å². The van der Waals surface area contributed by atoms with Crippen LogP contribution >= 0.6 is 11.6 Å². The number of pyridine rings is 1. The van der Waals surface area contributed by atoms with Crippen LogP contribution in [-0.2, 0) is 27.5 Å². The van der Waals surface area contributed by atoms with E-state index in [9.17, 15) is 8.42 Å². The Kier molecular flexibility index (Phi) is 6.98. The molecule has 7 nitrogen and oxygen atoms in total. The van der Waals surface area contributed by atoms with Crippen molar-refractivity contribution in [3.63, 3.8) is 0 Å². The number of rotatable bonds is 7. The molecule has 0 aliphatic carbocycles. The molecule has 0 N–H and O–H groups in total. The van der Waals surface area contributed by atoms with E-state index in [-0.39, 0.29) is 10.8 Å². The molecule has 0 aromatic carbocycles. The van der Waals surface area contributed by atoms with E-state index < -0.39 is 9.84 Å². The van der Waals surface area contributed by atoms with Crippen molar-refractivity contribution in [2.75, 3.05) is 33.1 Å². The first-order valence-corrected chi connectivity index (χ1v) is 11.5. The van der Waals surface area contributed by atoms with Crippen LogP contribution in [0.4, 0.5) is 0 Å². The topological polar surface area (TPSA) is 85.3 Å². The highest BCUT2D eigenvalue weighted by molar-refractivity contribution is 7.90. The molecule has 2 aromatic rings. The smallest absolute Gasteiger partial charge is 0.177 e. The molecule has 152 valence electrons. The van der Waals surface area contributed by atoms with E-state index in [4.69, 9.17) is 16.3 Å². The lowest BCUT2D eigenvalue weighted by molar-refractivity contribution is 0.199. The maximum atomic E-state index is 12.1. The van der Waals surface area contributed by atoms with E-state index in [0.717, 1.165) is 43.9 Å². The van der Waals surface area contributed by atoms with E-state index in [1.807, 2.05) is 12.4 Å². The maximum Gasteiger partial charge on any atom is 0.177 e. The fourth-order valence-electron chi connectivity index (χ4n) is 3.44. The summed E-state index contributed by atoms with van der Waals surface area (Å²) >= 11 is 5.96. The second-order valence-corrected chi connectivity index (χ2v) is 9.53. The van der Waals surface area contributed by atoms with Crippen molar-refractivity contribution in [1.82, 2.24) is 19.9 Å². The fourth-order valence-corrected chi connectivity index (χ4v) is 4.61. The van der Waals surface area contributed by atoms with Gasteiger partial charge in [-0.25, -0.2) is 18.4 Å². The van der Waals surface area contributed by atoms with Gasteiger partial charge in [-0.05, 0) is 32.0 Å². The SMILES string of the molecule is COCCc1ncc(CN2CCC(c3ncc(Cl)cc3S(C)(=O)=O)CC2)cn1. The molecule has 0 atom stereocenters. The number of halogens is 1. The summed E-state index contributed by atoms with van der Waals surface area (Å²) in [5.41, 5.74) is 1.71. The highest BCUT2D eigenvalue weighted by Gasteiger charge is 2.27. The van der Waals surface area contributed by atoms with Crippen LogP contribution in [0.25, 0.3) is 0 Å². The van der Waals surface area contributed by atoms with Crippen molar-refractivity contribution in [1.29, 1.82) is 0 Å². The lowest BCUT2D eigenvalue weighted by atomic mass is 9.93. The molecule has 0 unspecified atom stereocenters. The van der Waals surface area contributed by atoms with Crippen LogP contribution in [0.5, 0.6) is 0 Å². The van der Waals surface area contributed by atoms with Crippen molar-refractivity contribution >= 4 is 21.4 Å². The Balaban J connectivity index is 1.61. The Hall–Kier alpha value is -1.61. The van der Waals surface area contributed by atoms with Crippen molar-refractivity contribution in [2.24, 2.45) is 0 Å².